The smallest absolute Gasteiger partial charge is 0.0465 e. The first kappa shape index (κ1) is 8.51. The minimum Gasteiger partial charge on any atom is -0.396 e. The summed E-state index contributed by atoms with van der Waals surface area (Å²) < 4.78 is 1.28. The van der Waals surface area contributed by atoms with Gasteiger partial charge in [-0.25, -0.2) is 0 Å². The molecule has 2 heteroatoms. The van der Waals surface area contributed by atoms with Gasteiger partial charge >= 0.3 is 0 Å². The molecule has 0 amide bonds. The molecule has 64 valence electrons. The van der Waals surface area contributed by atoms with E-state index in [1.807, 2.05) is 0 Å². The van der Waals surface area contributed by atoms with Gasteiger partial charge in [-0.2, -0.15) is 0 Å². The average Bonchev–Trinajstić information content (AvgIpc) is 2.85. The lowest BCUT2D eigenvalue weighted by atomic mass is 10.1. The van der Waals surface area contributed by atoms with Gasteiger partial charge in [0.1, 0.15) is 0 Å². The van der Waals surface area contributed by atoms with Crippen LogP contribution in [0.1, 0.15) is 17.9 Å². The average molecular weight is 274 g/mol. The van der Waals surface area contributed by atoms with E-state index in [1.165, 1.54) is 9.13 Å². The lowest BCUT2D eigenvalue weighted by Gasteiger charge is -1.98. The molecule has 1 saturated carbocycles. The molecule has 2 rings (SSSR count). The lowest BCUT2D eigenvalue weighted by Crippen LogP contribution is -1.88. The monoisotopic (exact) mass is 274 g/mol. The first-order valence-electron chi connectivity index (χ1n) is 4.17. The second kappa shape index (κ2) is 3.34. The third kappa shape index (κ3) is 1.64. The minimum atomic E-state index is 0.344. The van der Waals surface area contributed by atoms with E-state index in [4.69, 9.17) is 5.11 Å². The molecule has 1 aromatic carbocycles. The number of halogens is 1. The highest BCUT2D eigenvalue weighted by molar-refractivity contribution is 14.1. The fourth-order valence-corrected chi connectivity index (χ4v) is 1.93. The summed E-state index contributed by atoms with van der Waals surface area (Å²) in [6.45, 7) is 0.344. The molecule has 1 N–H and O–H groups in total. The normalized spacial score (nSPS) is 27.2. The lowest BCUT2D eigenvalue weighted by molar-refractivity contribution is 0.274. The topological polar surface area (TPSA) is 20.2 Å². The van der Waals surface area contributed by atoms with Crippen molar-refractivity contribution in [2.45, 2.75) is 12.3 Å². The van der Waals surface area contributed by atoms with Crippen LogP contribution in [0, 0.1) is 9.49 Å². The van der Waals surface area contributed by atoms with Crippen molar-refractivity contribution in [3.63, 3.8) is 0 Å². The van der Waals surface area contributed by atoms with Crippen molar-refractivity contribution < 1.29 is 5.11 Å². The molecule has 2 atom stereocenters. The zero-order chi connectivity index (χ0) is 8.55. The van der Waals surface area contributed by atoms with Crippen LogP contribution in [0.15, 0.2) is 24.3 Å². The Kier molecular flexibility index (Phi) is 2.37. The van der Waals surface area contributed by atoms with E-state index in [2.05, 4.69) is 46.9 Å². The number of aliphatic hydroxyl groups is 1. The number of hydrogen-bond donors (Lipinski definition) is 1. The molecule has 0 aliphatic heterocycles. The van der Waals surface area contributed by atoms with Crippen LogP contribution in [0.2, 0.25) is 0 Å². The Bertz CT molecular complexity index is 268. The van der Waals surface area contributed by atoms with Gasteiger partial charge in [-0.3, -0.25) is 0 Å². The van der Waals surface area contributed by atoms with Crippen LogP contribution in [0.4, 0.5) is 0 Å². The van der Waals surface area contributed by atoms with E-state index < -0.39 is 0 Å². The van der Waals surface area contributed by atoms with Gasteiger partial charge in [0.25, 0.3) is 0 Å². The van der Waals surface area contributed by atoms with Crippen LogP contribution in [-0.4, -0.2) is 11.7 Å². The van der Waals surface area contributed by atoms with Crippen molar-refractivity contribution in [2.24, 2.45) is 5.92 Å². The number of benzene rings is 1. The summed E-state index contributed by atoms with van der Waals surface area (Å²) in [6.07, 6.45) is 1.16. The number of rotatable bonds is 2. The highest BCUT2D eigenvalue weighted by atomic mass is 127. The zero-order valence-corrected chi connectivity index (χ0v) is 8.86. The highest BCUT2D eigenvalue weighted by Crippen LogP contribution is 2.46. The van der Waals surface area contributed by atoms with Gasteiger partial charge in [0.2, 0.25) is 0 Å². The summed E-state index contributed by atoms with van der Waals surface area (Å²) in [4.78, 5) is 0. The summed E-state index contributed by atoms with van der Waals surface area (Å²) in [5.74, 6) is 1.16. The van der Waals surface area contributed by atoms with E-state index >= 15 is 0 Å². The first-order chi connectivity index (χ1) is 5.81. The van der Waals surface area contributed by atoms with Crippen molar-refractivity contribution in [1.29, 1.82) is 0 Å². The minimum absolute atomic E-state index is 0.344. The summed E-state index contributed by atoms with van der Waals surface area (Å²) >= 11 is 2.31. The second-order valence-corrected chi connectivity index (χ2v) is 4.58. The molecule has 1 aromatic rings. The molecule has 0 radical (unpaired) electrons. The van der Waals surface area contributed by atoms with Gasteiger partial charge in [0.15, 0.2) is 0 Å². The standard InChI is InChI=1S/C10H11IO/c11-9-3-1-7(2-4-9)10-5-8(10)6-12/h1-4,8,10,12H,5-6H2/t8-,10-/m1/s1. The highest BCUT2D eigenvalue weighted by Gasteiger charge is 2.37. The molecule has 1 aliphatic rings. The fraction of sp³-hybridized carbons (Fsp3) is 0.400. The van der Waals surface area contributed by atoms with Crippen molar-refractivity contribution in [1.82, 2.24) is 0 Å². The molecular formula is C10H11IO. The van der Waals surface area contributed by atoms with Crippen molar-refractivity contribution in [2.75, 3.05) is 6.61 Å². The molecular weight excluding hydrogens is 263 g/mol. The Morgan fingerprint density at radius 2 is 2.00 bits per heavy atom. The predicted octanol–water partition coefficient (Wildman–Crippen LogP) is 2.39. The Hall–Kier alpha value is -0.0900. The Balaban J connectivity index is 2.10. The van der Waals surface area contributed by atoms with E-state index in [0.717, 1.165) is 6.42 Å². The summed E-state index contributed by atoms with van der Waals surface area (Å²) in [5, 5.41) is 8.89. The maximum absolute atomic E-state index is 8.89. The SMILES string of the molecule is OC[C@H]1C[C@@H]1c1ccc(I)cc1. The second-order valence-electron chi connectivity index (χ2n) is 3.34. The molecule has 0 aromatic heterocycles. The molecule has 0 spiro atoms. The Morgan fingerprint density at radius 1 is 1.33 bits per heavy atom. The van der Waals surface area contributed by atoms with Crippen molar-refractivity contribution >= 4 is 22.6 Å². The maximum Gasteiger partial charge on any atom is 0.0465 e. The molecule has 1 fully saturated rings. The molecule has 1 aliphatic carbocycles. The van der Waals surface area contributed by atoms with Crippen molar-refractivity contribution in [3.8, 4) is 0 Å². The fourth-order valence-electron chi connectivity index (χ4n) is 1.57. The first-order valence-corrected chi connectivity index (χ1v) is 5.25. The van der Waals surface area contributed by atoms with Gasteiger partial charge < -0.3 is 5.11 Å². The van der Waals surface area contributed by atoms with E-state index in [-0.39, 0.29) is 0 Å². The molecule has 0 unspecified atom stereocenters. The molecule has 0 saturated heterocycles. The Morgan fingerprint density at radius 3 is 2.50 bits per heavy atom. The van der Waals surface area contributed by atoms with E-state index in [9.17, 15) is 0 Å². The van der Waals surface area contributed by atoms with Gasteiger partial charge in [0, 0.05) is 10.2 Å². The van der Waals surface area contributed by atoms with Crippen LogP contribution in [0.3, 0.4) is 0 Å². The van der Waals surface area contributed by atoms with Crippen LogP contribution >= 0.6 is 22.6 Å². The van der Waals surface area contributed by atoms with Gasteiger partial charge in [0.05, 0.1) is 0 Å². The van der Waals surface area contributed by atoms with E-state index in [1.54, 1.807) is 0 Å². The molecule has 0 bridgehead atoms. The van der Waals surface area contributed by atoms with Gasteiger partial charge in [-0.1, -0.05) is 12.1 Å². The number of hydrogen-bond acceptors (Lipinski definition) is 1. The molecule has 1 nitrogen and oxygen atoms in total. The van der Waals surface area contributed by atoms with E-state index in [0.29, 0.717) is 18.4 Å². The zero-order valence-electron chi connectivity index (χ0n) is 6.70. The van der Waals surface area contributed by atoms with Gasteiger partial charge in [-0.15, -0.1) is 0 Å². The third-order valence-electron chi connectivity index (χ3n) is 2.46. The van der Waals surface area contributed by atoms with Gasteiger partial charge in [-0.05, 0) is 58.5 Å². The van der Waals surface area contributed by atoms with Crippen LogP contribution in [-0.2, 0) is 0 Å². The molecule has 0 heterocycles. The summed E-state index contributed by atoms with van der Waals surface area (Å²) in [7, 11) is 0. The van der Waals surface area contributed by atoms with Crippen LogP contribution in [0.25, 0.3) is 0 Å². The largest absolute Gasteiger partial charge is 0.396 e. The predicted molar refractivity (Wildman–Crippen MR) is 57.1 cm³/mol. The Labute approximate surface area is 85.9 Å². The van der Waals surface area contributed by atoms with Crippen molar-refractivity contribution in [3.05, 3.63) is 33.4 Å². The summed E-state index contributed by atoms with van der Waals surface area (Å²) in [6, 6.07) is 8.59. The maximum atomic E-state index is 8.89. The summed E-state index contributed by atoms with van der Waals surface area (Å²) in [5.41, 5.74) is 1.38. The van der Waals surface area contributed by atoms with Crippen LogP contribution < -0.4 is 0 Å². The molecule has 12 heavy (non-hydrogen) atoms. The number of aliphatic hydroxyl groups excluding tert-OH is 1. The third-order valence-corrected chi connectivity index (χ3v) is 3.17. The quantitative estimate of drug-likeness (QED) is 0.821. The van der Waals surface area contributed by atoms with Crippen LogP contribution in [0.5, 0.6) is 0 Å².